The van der Waals surface area contributed by atoms with Gasteiger partial charge in [0.25, 0.3) is 5.91 Å². The Labute approximate surface area is 145 Å². The topological polar surface area (TPSA) is 47.6 Å². The first-order valence-electron chi connectivity index (χ1n) is 6.03. The number of benzene rings is 2. The Morgan fingerprint density at radius 1 is 1.14 bits per heavy atom. The third-order valence-electron chi connectivity index (χ3n) is 2.80. The molecule has 0 heterocycles. The number of amides is 1. The van der Waals surface area contributed by atoms with Crippen LogP contribution in [0.15, 0.2) is 40.9 Å². The van der Waals surface area contributed by atoms with E-state index in [-0.39, 0.29) is 5.91 Å². The molecule has 0 aliphatic heterocycles. The third-order valence-corrected chi connectivity index (χ3v) is 4.11. The average Bonchev–Trinajstić information content (AvgIpc) is 2.48. The molecule has 0 unspecified atom stereocenters. The molecule has 0 radical (unpaired) electrons. The molecule has 0 bridgehead atoms. The summed E-state index contributed by atoms with van der Waals surface area (Å²) in [6.45, 7) is 0. The van der Waals surface area contributed by atoms with Crippen LogP contribution in [0.5, 0.6) is 11.5 Å². The molecular weight excluding hydrogens is 449 g/mol. The molecular formula is C15H13BrINO3. The summed E-state index contributed by atoms with van der Waals surface area (Å²) < 4.78 is 12.2. The molecule has 6 heteroatoms. The van der Waals surface area contributed by atoms with Gasteiger partial charge >= 0.3 is 0 Å². The Kier molecular flexibility index (Phi) is 5.46. The molecule has 2 aromatic carbocycles. The number of carbonyl (C=O) groups excluding carboxylic acids is 1. The van der Waals surface area contributed by atoms with Crippen molar-refractivity contribution in [1.82, 2.24) is 0 Å². The SMILES string of the molecule is COc1cc(C(=O)Nc2ccc(I)cc2)cc(Br)c1OC. The molecule has 2 aromatic rings. The van der Waals surface area contributed by atoms with Crippen molar-refractivity contribution in [3.05, 3.63) is 50.0 Å². The van der Waals surface area contributed by atoms with Crippen molar-refractivity contribution in [3.8, 4) is 11.5 Å². The Balaban J connectivity index is 2.27. The first kappa shape index (κ1) is 16.1. The van der Waals surface area contributed by atoms with Crippen LogP contribution in [0.2, 0.25) is 0 Å². The maximum Gasteiger partial charge on any atom is 0.255 e. The lowest BCUT2D eigenvalue weighted by molar-refractivity contribution is 0.102. The summed E-state index contributed by atoms with van der Waals surface area (Å²) >= 11 is 5.59. The Morgan fingerprint density at radius 2 is 1.81 bits per heavy atom. The lowest BCUT2D eigenvalue weighted by atomic mass is 10.2. The zero-order chi connectivity index (χ0) is 15.4. The predicted octanol–water partition coefficient (Wildman–Crippen LogP) is 4.32. The largest absolute Gasteiger partial charge is 0.493 e. The molecule has 0 saturated carbocycles. The van der Waals surface area contributed by atoms with E-state index in [1.54, 1.807) is 19.2 Å². The first-order valence-corrected chi connectivity index (χ1v) is 7.90. The Hall–Kier alpha value is -1.28. The molecule has 0 fully saturated rings. The molecule has 1 amide bonds. The maximum atomic E-state index is 12.3. The van der Waals surface area contributed by atoms with Gasteiger partial charge in [-0.3, -0.25) is 4.79 Å². The second-order valence-electron chi connectivity index (χ2n) is 4.15. The van der Waals surface area contributed by atoms with Gasteiger partial charge in [-0.2, -0.15) is 0 Å². The van der Waals surface area contributed by atoms with Crippen molar-refractivity contribution in [2.45, 2.75) is 0 Å². The molecule has 0 aromatic heterocycles. The van der Waals surface area contributed by atoms with Crippen molar-refractivity contribution < 1.29 is 14.3 Å². The van der Waals surface area contributed by atoms with E-state index < -0.39 is 0 Å². The van der Waals surface area contributed by atoms with Gasteiger partial charge in [-0.1, -0.05) is 0 Å². The molecule has 0 saturated heterocycles. The van der Waals surface area contributed by atoms with Gasteiger partial charge in [0.05, 0.1) is 18.7 Å². The van der Waals surface area contributed by atoms with E-state index in [0.29, 0.717) is 21.5 Å². The fourth-order valence-electron chi connectivity index (χ4n) is 1.79. The van der Waals surface area contributed by atoms with Gasteiger partial charge in [0.2, 0.25) is 0 Å². The van der Waals surface area contributed by atoms with E-state index in [4.69, 9.17) is 9.47 Å². The molecule has 4 nitrogen and oxygen atoms in total. The highest BCUT2D eigenvalue weighted by atomic mass is 127. The van der Waals surface area contributed by atoms with Gasteiger partial charge in [-0.25, -0.2) is 0 Å². The lowest BCUT2D eigenvalue weighted by Crippen LogP contribution is -2.12. The second-order valence-corrected chi connectivity index (χ2v) is 6.25. The first-order chi connectivity index (χ1) is 10.0. The Bertz CT molecular complexity index is 659. The normalized spacial score (nSPS) is 10.1. The molecule has 0 atom stereocenters. The number of methoxy groups -OCH3 is 2. The van der Waals surface area contributed by atoms with Crippen LogP contribution in [0, 0.1) is 3.57 Å². The van der Waals surface area contributed by atoms with Gasteiger partial charge in [0, 0.05) is 14.8 Å². The summed E-state index contributed by atoms with van der Waals surface area (Å²) in [6, 6.07) is 10.9. The van der Waals surface area contributed by atoms with Crippen LogP contribution in [-0.2, 0) is 0 Å². The van der Waals surface area contributed by atoms with Gasteiger partial charge in [-0.15, -0.1) is 0 Å². The number of hydrogen-bond donors (Lipinski definition) is 1. The van der Waals surface area contributed by atoms with E-state index in [1.807, 2.05) is 24.3 Å². The van der Waals surface area contributed by atoms with Crippen molar-refractivity contribution >= 4 is 50.1 Å². The highest BCUT2D eigenvalue weighted by Crippen LogP contribution is 2.36. The van der Waals surface area contributed by atoms with Crippen molar-refractivity contribution in [2.75, 3.05) is 19.5 Å². The molecule has 0 aliphatic rings. The molecule has 2 rings (SSSR count). The molecule has 0 spiro atoms. The molecule has 21 heavy (non-hydrogen) atoms. The summed E-state index contributed by atoms with van der Waals surface area (Å²) in [5.41, 5.74) is 1.23. The van der Waals surface area contributed by atoms with E-state index in [2.05, 4.69) is 43.8 Å². The fraction of sp³-hybridized carbons (Fsp3) is 0.133. The van der Waals surface area contributed by atoms with Crippen LogP contribution in [0.3, 0.4) is 0 Å². The van der Waals surface area contributed by atoms with Gasteiger partial charge in [0.15, 0.2) is 11.5 Å². The molecule has 1 N–H and O–H groups in total. The second kappa shape index (κ2) is 7.13. The van der Waals surface area contributed by atoms with Crippen LogP contribution in [0.25, 0.3) is 0 Å². The minimum atomic E-state index is -0.210. The van der Waals surface area contributed by atoms with E-state index in [0.717, 1.165) is 9.26 Å². The number of rotatable bonds is 4. The highest BCUT2D eigenvalue weighted by Gasteiger charge is 2.15. The Morgan fingerprint density at radius 3 is 2.38 bits per heavy atom. The number of ether oxygens (including phenoxy) is 2. The fourth-order valence-corrected chi connectivity index (χ4v) is 2.75. The van der Waals surface area contributed by atoms with Gasteiger partial charge in [0.1, 0.15) is 0 Å². The van der Waals surface area contributed by atoms with Gasteiger partial charge in [-0.05, 0) is 74.9 Å². The van der Waals surface area contributed by atoms with Crippen molar-refractivity contribution in [1.29, 1.82) is 0 Å². The predicted molar refractivity (Wildman–Crippen MR) is 94.4 cm³/mol. The lowest BCUT2D eigenvalue weighted by Gasteiger charge is -2.12. The zero-order valence-corrected chi connectivity index (χ0v) is 15.2. The molecule has 0 aliphatic carbocycles. The average molecular weight is 462 g/mol. The summed E-state index contributed by atoms with van der Waals surface area (Å²) in [4.78, 5) is 12.3. The van der Waals surface area contributed by atoms with Gasteiger partial charge < -0.3 is 14.8 Å². The van der Waals surface area contributed by atoms with Crippen molar-refractivity contribution in [3.63, 3.8) is 0 Å². The third kappa shape index (κ3) is 3.88. The van der Waals surface area contributed by atoms with E-state index in [9.17, 15) is 4.79 Å². The summed E-state index contributed by atoms with van der Waals surface area (Å²) in [6.07, 6.45) is 0. The number of hydrogen-bond acceptors (Lipinski definition) is 3. The van der Waals surface area contributed by atoms with E-state index >= 15 is 0 Å². The number of halogens is 2. The summed E-state index contributed by atoms with van der Waals surface area (Å²) in [5, 5.41) is 2.84. The minimum Gasteiger partial charge on any atom is -0.493 e. The number of carbonyl (C=O) groups is 1. The quantitative estimate of drug-likeness (QED) is 0.689. The summed E-state index contributed by atoms with van der Waals surface area (Å²) in [5.74, 6) is 0.848. The van der Waals surface area contributed by atoms with Crippen molar-refractivity contribution in [2.24, 2.45) is 0 Å². The smallest absolute Gasteiger partial charge is 0.255 e. The number of anilines is 1. The van der Waals surface area contributed by atoms with Crippen LogP contribution in [-0.4, -0.2) is 20.1 Å². The maximum absolute atomic E-state index is 12.3. The van der Waals surface area contributed by atoms with Crippen LogP contribution in [0.4, 0.5) is 5.69 Å². The minimum absolute atomic E-state index is 0.210. The molecule has 110 valence electrons. The standard InChI is InChI=1S/C15H13BrINO3/c1-20-13-8-9(7-12(16)14(13)21-2)15(19)18-11-5-3-10(17)4-6-11/h3-8H,1-2H3,(H,18,19). The van der Waals surface area contributed by atoms with Crippen LogP contribution in [0.1, 0.15) is 10.4 Å². The van der Waals surface area contributed by atoms with Crippen LogP contribution < -0.4 is 14.8 Å². The number of nitrogens with one attached hydrogen (secondary N) is 1. The highest BCUT2D eigenvalue weighted by molar-refractivity contribution is 14.1. The zero-order valence-electron chi connectivity index (χ0n) is 11.4. The van der Waals surface area contributed by atoms with E-state index in [1.165, 1.54) is 7.11 Å². The van der Waals surface area contributed by atoms with Crippen LogP contribution >= 0.6 is 38.5 Å². The monoisotopic (exact) mass is 461 g/mol. The summed E-state index contributed by atoms with van der Waals surface area (Å²) in [7, 11) is 3.08.